The van der Waals surface area contributed by atoms with Crippen molar-refractivity contribution in [3.8, 4) is 17.1 Å². The SMILES string of the molecule is COc1ccc(-c2n[nH]c(CNC(=O)c3cnc(C)s3)n2)cc1. The molecule has 0 aliphatic carbocycles. The molecule has 0 aliphatic rings. The number of aryl methyl sites for hydroxylation is 1. The van der Waals surface area contributed by atoms with Gasteiger partial charge in [0.2, 0.25) is 0 Å². The lowest BCUT2D eigenvalue weighted by Gasteiger charge is -2.00. The maximum atomic E-state index is 12.0. The van der Waals surface area contributed by atoms with Gasteiger partial charge in [-0.3, -0.25) is 9.89 Å². The normalized spacial score (nSPS) is 10.5. The number of thiazole rings is 1. The van der Waals surface area contributed by atoms with Gasteiger partial charge in [-0.25, -0.2) is 9.97 Å². The summed E-state index contributed by atoms with van der Waals surface area (Å²) in [4.78, 5) is 21.0. The molecule has 0 atom stereocenters. The van der Waals surface area contributed by atoms with Gasteiger partial charge in [0.1, 0.15) is 16.5 Å². The lowest BCUT2D eigenvalue weighted by atomic mass is 10.2. The van der Waals surface area contributed by atoms with Crippen molar-refractivity contribution in [3.05, 3.63) is 46.2 Å². The Bertz CT molecular complexity index is 809. The number of benzene rings is 1. The summed E-state index contributed by atoms with van der Waals surface area (Å²) in [5.41, 5.74) is 0.873. The zero-order valence-corrected chi connectivity index (χ0v) is 13.5. The van der Waals surface area contributed by atoms with Crippen molar-refractivity contribution in [2.75, 3.05) is 7.11 Å². The highest BCUT2D eigenvalue weighted by atomic mass is 32.1. The van der Waals surface area contributed by atoms with Crippen LogP contribution in [0.3, 0.4) is 0 Å². The number of aromatic nitrogens is 4. The number of aromatic amines is 1. The topological polar surface area (TPSA) is 92.8 Å². The number of nitrogens with one attached hydrogen (secondary N) is 2. The molecule has 0 aliphatic heterocycles. The molecule has 3 aromatic rings. The van der Waals surface area contributed by atoms with Crippen LogP contribution in [-0.4, -0.2) is 33.2 Å². The quantitative estimate of drug-likeness (QED) is 0.748. The predicted octanol–water partition coefficient (Wildman–Crippen LogP) is 2.18. The number of rotatable bonds is 5. The minimum atomic E-state index is -0.169. The number of hydrogen-bond donors (Lipinski definition) is 2. The van der Waals surface area contributed by atoms with Crippen LogP contribution in [0.1, 0.15) is 20.5 Å². The van der Waals surface area contributed by atoms with Crippen molar-refractivity contribution in [3.63, 3.8) is 0 Å². The fourth-order valence-corrected chi connectivity index (χ4v) is 2.65. The minimum absolute atomic E-state index is 0.169. The zero-order chi connectivity index (χ0) is 16.2. The van der Waals surface area contributed by atoms with Gasteiger partial charge in [0.25, 0.3) is 5.91 Å². The maximum absolute atomic E-state index is 12.0. The molecule has 3 rings (SSSR count). The summed E-state index contributed by atoms with van der Waals surface area (Å²) in [6, 6.07) is 7.45. The Kier molecular flexibility index (Phi) is 4.33. The van der Waals surface area contributed by atoms with Gasteiger partial charge in [-0.1, -0.05) is 0 Å². The third kappa shape index (κ3) is 3.54. The summed E-state index contributed by atoms with van der Waals surface area (Å²) >= 11 is 1.36. The highest BCUT2D eigenvalue weighted by molar-refractivity contribution is 7.13. The van der Waals surface area contributed by atoms with E-state index in [1.54, 1.807) is 13.3 Å². The third-order valence-electron chi connectivity index (χ3n) is 3.14. The molecule has 0 bridgehead atoms. The largest absolute Gasteiger partial charge is 0.497 e. The van der Waals surface area contributed by atoms with Crippen LogP contribution in [-0.2, 0) is 6.54 Å². The predicted molar refractivity (Wildman–Crippen MR) is 86.4 cm³/mol. The molecule has 23 heavy (non-hydrogen) atoms. The van der Waals surface area contributed by atoms with E-state index in [2.05, 4.69) is 25.5 Å². The molecular weight excluding hydrogens is 314 g/mol. The van der Waals surface area contributed by atoms with Crippen LogP contribution in [0.2, 0.25) is 0 Å². The lowest BCUT2D eigenvalue weighted by Crippen LogP contribution is -2.22. The second kappa shape index (κ2) is 6.57. The van der Waals surface area contributed by atoms with Crippen molar-refractivity contribution in [2.24, 2.45) is 0 Å². The van der Waals surface area contributed by atoms with E-state index in [1.807, 2.05) is 31.2 Å². The van der Waals surface area contributed by atoms with Gasteiger partial charge in [-0.05, 0) is 31.2 Å². The Morgan fingerprint density at radius 3 is 2.78 bits per heavy atom. The van der Waals surface area contributed by atoms with Crippen molar-refractivity contribution in [1.82, 2.24) is 25.5 Å². The standard InChI is InChI=1S/C15H15N5O2S/c1-9-16-7-12(23-9)15(21)17-8-13-18-14(20-19-13)10-3-5-11(22-2)6-4-10/h3-7H,8H2,1-2H3,(H,17,21)(H,18,19,20). The molecule has 8 heteroatoms. The number of H-pyrrole nitrogens is 1. The smallest absolute Gasteiger partial charge is 0.263 e. The second-order valence-corrected chi connectivity index (χ2v) is 6.00. The van der Waals surface area contributed by atoms with E-state index in [0.717, 1.165) is 16.3 Å². The maximum Gasteiger partial charge on any atom is 0.263 e. The van der Waals surface area contributed by atoms with Gasteiger partial charge in [0, 0.05) is 5.56 Å². The highest BCUT2D eigenvalue weighted by Crippen LogP contribution is 2.19. The van der Waals surface area contributed by atoms with E-state index in [9.17, 15) is 4.79 Å². The van der Waals surface area contributed by atoms with Gasteiger partial charge in [0.05, 0.1) is 24.9 Å². The highest BCUT2D eigenvalue weighted by Gasteiger charge is 2.11. The molecule has 7 nitrogen and oxygen atoms in total. The summed E-state index contributed by atoms with van der Waals surface area (Å²) in [5, 5.41) is 10.6. The van der Waals surface area contributed by atoms with E-state index in [1.165, 1.54) is 11.3 Å². The molecule has 1 amide bonds. The molecule has 0 unspecified atom stereocenters. The number of carbonyl (C=O) groups is 1. The lowest BCUT2D eigenvalue weighted by molar-refractivity contribution is 0.0954. The van der Waals surface area contributed by atoms with Gasteiger partial charge in [-0.2, -0.15) is 5.10 Å². The van der Waals surface area contributed by atoms with Crippen LogP contribution in [0.15, 0.2) is 30.5 Å². The van der Waals surface area contributed by atoms with Crippen LogP contribution < -0.4 is 10.1 Å². The average Bonchev–Trinajstić information content (AvgIpc) is 3.22. The molecule has 1 aromatic carbocycles. The summed E-state index contributed by atoms with van der Waals surface area (Å²) < 4.78 is 5.12. The Morgan fingerprint density at radius 1 is 1.35 bits per heavy atom. The van der Waals surface area contributed by atoms with Gasteiger partial charge >= 0.3 is 0 Å². The summed E-state index contributed by atoms with van der Waals surface area (Å²) in [7, 11) is 1.62. The number of ether oxygens (including phenoxy) is 1. The first-order chi connectivity index (χ1) is 11.2. The van der Waals surface area contributed by atoms with Gasteiger partial charge in [0.15, 0.2) is 5.82 Å². The van der Waals surface area contributed by atoms with Crippen molar-refractivity contribution in [1.29, 1.82) is 0 Å². The van der Waals surface area contributed by atoms with E-state index >= 15 is 0 Å². The molecule has 0 radical (unpaired) electrons. The zero-order valence-electron chi connectivity index (χ0n) is 12.7. The number of carbonyl (C=O) groups excluding carboxylic acids is 1. The summed E-state index contributed by atoms with van der Waals surface area (Å²) in [6.07, 6.45) is 1.57. The fraction of sp³-hybridized carbons (Fsp3) is 0.200. The molecule has 0 spiro atoms. The number of hydrogen-bond acceptors (Lipinski definition) is 6. The third-order valence-corrected chi connectivity index (χ3v) is 4.05. The van der Waals surface area contributed by atoms with Gasteiger partial charge in [-0.15, -0.1) is 11.3 Å². The van der Waals surface area contributed by atoms with Crippen LogP contribution in [0.5, 0.6) is 5.75 Å². The molecule has 2 N–H and O–H groups in total. The van der Waals surface area contributed by atoms with E-state index < -0.39 is 0 Å². The fourth-order valence-electron chi connectivity index (χ4n) is 1.96. The first-order valence-corrected chi connectivity index (χ1v) is 7.73. The molecule has 2 aromatic heterocycles. The summed E-state index contributed by atoms with van der Waals surface area (Å²) in [6.45, 7) is 2.14. The minimum Gasteiger partial charge on any atom is -0.497 e. The van der Waals surface area contributed by atoms with Crippen molar-refractivity contribution < 1.29 is 9.53 Å². The molecule has 0 saturated carbocycles. The number of methoxy groups -OCH3 is 1. The van der Waals surface area contributed by atoms with E-state index in [0.29, 0.717) is 16.5 Å². The Hall–Kier alpha value is -2.74. The van der Waals surface area contributed by atoms with Crippen LogP contribution in [0.25, 0.3) is 11.4 Å². The monoisotopic (exact) mass is 329 g/mol. The van der Waals surface area contributed by atoms with Crippen molar-refractivity contribution in [2.45, 2.75) is 13.5 Å². The number of nitrogens with zero attached hydrogens (tertiary/aromatic N) is 3. The molecule has 118 valence electrons. The molecule has 0 saturated heterocycles. The second-order valence-electron chi connectivity index (χ2n) is 4.76. The Morgan fingerprint density at radius 2 is 2.13 bits per heavy atom. The Labute approximate surface area is 136 Å². The van der Waals surface area contributed by atoms with Gasteiger partial charge < -0.3 is 10.1 Å². The van der Waals surface area contributed by atoms with Crippen LogP contribution in [0.4, 0.5) is 0 Å². The number of amides is 1. The molecule has 0 fully saturated rings. The molecule has 2 heterocycles. The van der Waals surface area contributed by atoms with Crippen molar-refractivity contribution >= 4 is 17.2 Å². The van der Waals surface area contributed by atoms with E-state index in [-0.39, 0.29) is 12.5 Å². The van der Waals surface area contributed by atoms with Crippen LogP contribution in [0, 0.1) is 6.92 Å². The first-order valence-electron chi connectivity index (χ1n) is 6.92. The first kappa shape index (κ1) is 15.2. The van der Waals surface area contributed by atoms with Crippen LogP contribution >= 0.6 is 11.3 Å². The van der Waals surface area contributed by atoms with E-state index in [4.69, 9.17) is 4.74 Å². The average molecular weight is 329 g/mol. The summed E-state index contributed by atoms with van der Waals surface area (Å²) in [5.74, 6) is 1.77. The molecular formula is C15H15N5O2S. The Balaban J connectivity index is 1.63.